The van der Waals surface area contributed by atoms with Gasteiger partial charge >= 0.3 is 0 Å². The number of aldehydes is 1. The van der Waals surface area contributed by atoms with E-state index >= 15 is 0 Å². The Morgan fingerprint density at radius 1 is 1.64 bits per heavy atom. The smallest absolute Gasteiger partial charge is 0.168 e. The van der Waals surface area contributed by atoms with Gasteiger partial charge < -0.3 is 5.73 Å². The van der Waals surface area contributed by atoms with Crippen LogP contribution in [-0.2, 0) is 0 Å². The normalized spacial score (nSPS) is 7.91. The summed E-state index contributed by atoms with van der Waals surface area (Å²) in [5, 5.41) is 0. The highest BCUT2D eigenvalue weighted by Crippen LogP contribution is 2.06. The van der Waals surface area contributed by atoms with E-state index in [9.17, 15) is 4.79 Å². The third-order valence-electron chi connectivity index (χ3n) is 0.864. The lowest BCUT2D eigenvalue weighted by atomic mass is 10.4. The lowest BCUT2D eigenvalue weighted by molar-refractivity contribution is 0.111. The van der Waals surface area contributed by atoms with Crippen LogP contribution in [0.4, 0.5) is 0 Å². The summed E-state index contributed by atoms with van der Waals surface area (Å²) in [6.07, 6.45) is 2.29. The molecule has 60 valence electrons. The average molecular weight is 217 g/mol. The molecule has 0 radical (unpaired) electrons. The number of nitrogens with two attached hydrogens (primary N) is 1. The van der Waals surface area contributed by atoms with Gasteiger partial charge in [-0.05, 0) is 19.2 Å². The zero-order valence-corrected chi connectivity index (χ0v) is 7.71. The fraction of sp³-hybridized carbons (Fsp3) is 0.143. The van der Waals surface area contributed by atoms with Crippen LogP contribution in [0.15, 0.2) is 22.8 Å². The van der Waals surface area contributed by atoms with Crippen molar-refractivity contribution in [2.75, 3.05) is 7.05 Å². The average Bonchev–Trinajstić information content (AvgIpc) is 2.08. The van der Waals surface area contributed by atoms with E-state index in [2.05, 4.69) is 26.6 Å². The Kier molecular flexibility index (Phi) is 5.60. The molecule has 3 nitrogen and oxygen atoms in total. The maximum absolute atomic E-state index is 10.1. The number of pyridine rings is 1. The molecule has 0 aliphatic heterocycles. The predicted octanol–water partition coefficient (Wildman–Crippen LogP) is 1.23. The second-order valence-electron chi connectivity index (χ2n) is 1.52. The van der Waals surface area contributed by atoms with Crippen LogP contribution >= 0.6 is 15.9 Å². The van der Waals surface area contributed by atoms with Crippen LogP contribution in [0.2, 0.25) is 0 Å². The molecule has 0 aliphatic rings. The zero-order valence-electron chi connectivity index (χ0n) is 6.12. The van der Waals surface area contributed by atoms with Crippen LogP contribution in [0, 0.1) is 0 Å². The van der Waals surface area contributed by atoms with Gasteiger partial charge in [0.05, 0.1) is 0 Å². The fourth-order valence-electron chi connectivity index (χ4n) is 0.486. The minimum atomic E-state index is 0.448. The maximum Gasteiger partial charge on any atom is 0.168 e. The van der Waals surface area contributed by atoms with Crippen LogP contribution < -0.4 is 5.73 Å². The molecule has 0 atom stereocenters. The second-order valence-corrected chi connectivity index (χ2v) is 2.43. The van der Waals surface area contributed by atoms with Crippen molar-refractivity contribution in [2.24, 2.45) is 5.73 Å². The van der Waals surface area contributed by atoms with Gasteiger partial charge in [-0.15, -0.1) is 0 Å². The molecule has 0 amide bonds. The van der Waals surface area contributed by atoms with Gasteiger partial charge in [-0.25, -0.2) is 0 Å². The Labute approximate surface area is 73.8 Å². The summed E-state index contributed by atoms with van der Waals surface area (Å²) in [7, 11) is 1.50. The molecule has 0 saturated carbocycles. The lowest BCUT2D eigenvalue weighted by Crippen LogP contribution is -1.82. The van der Waals surface area contributed by atoms with Gasteiger partial charge in [-0.1, -0.05) is 15.9 Å². The molecule has 0 bridgehead atoms. The summed E-state index contributed by atoms with van der Waals surface area (Å²) in [6.45, 7) is 0. The number of carbonyl (C=O) groups excluding carboxylic acids is 1. The molecule has 0 spiro atoms. The number of aromatic nitrogens is 1. The summed E-state index contributed by atoms with van der Waals surface area (Å²) >= 11 is 3.20. The van der Waals surface area contributed by atoms with Crippen molar-refractivity contribution in [1.82, 2.24) is 4.98 Å². The Bertz CT molecular complexity index is 227. The van der Waals surface area contributed by atoms with Gasteiger partial charge in [0, 0.05) is 10.7 Å². The van der Waals surface area contributed by atoms with Crippen molar-refractivity contribution in [3.63, 3.8) is 0 Å². The molecule has 1 rings (SSSR count). The van der Waals surface area contributed by atoms with Crippen molar-refractivity contribution in [1.29, 1.82) is 0 Å². The molecule has 0 aromatic carbocycles. The van der Waals surface area contributed by atoms with E-state index in [0.29, 0.717) is 12.0 Å². The van der Waals surface area contributed by atoms with E-state index in [4.69, 9.17) is 0 Å². The summed E-state index contributed by atoms with van der Waals surface area (Å²) in [5.41, 5.74) is 4.95. The maximum atomic E-state index is 10.1. The van der Waals surface area contributed by atoms with Crippen LogP contribution in [0.25, 0.3) is 0 Å². The van der Waals surface area contributed by atoms with Crippen LogP contribution in [0.5, 0.6) is 0 Å². The highest BCUT2D eigenvalue weighted by atomic mass is 79.9. The van der Waals surface area contributed by atoms with E-state index < -0.39 is 0 Å². The second kappa shape index (κ2) is 6.00. The topological polar surface area (TPSA) is 56.0 Å². The van der Waals surface area contributed by atoms with Gasteiger partial charge in [0.1, 0.15) is 5.69 Å². The first-order chi connectivity index (χ1) is 5.33. The van der Waals surface area contributed by atoms with E-state index in [1.54, 1.807) is 18.3 Å². The van der Waals surface area contributed by atoms with E-state index in [1.807, 2.05) is 0 Å². The molecule has 1 aromatic rings. The SMILES string of the molecule is CN.O=Cc1cc(Br)ccn1. The van der Waals surface area contributed by atoms with Crippen LogP contribution in [0.1, 0.15) is 10.5 Å². The van der Waals surface area contributed by atoms with E-state index in [1.165, 1.54) is 7.05 Å². The number of rotatable bonds is 1. The van der Waals surface area contributed by atoms with Gasteiger partial charge in [-0.2, -0.15) is 0 Å². The van der Waals surface area contributed by atoms with Crippen molar-refractivity contribution >= 4 is 22.2 Å². The third kappa shape index (κ3) is 3.85. The number of carbonyl (C=O) groups is 1. The lowest BCUT2D eigenvalue weighted by Gasteiger charge is -1.87. The van der Waals surface area contributed by atoms with Gasteiger partial charge in [0.2, 0.25) is 0 Å². The van der Waals surface area contributed by atoms with Crippen molar-refractivity contribution in [3.8, 4) is 0 Å². The molecular weight excluding hydrogens is 208 g/mol. The van der Waals surface area contributed by atoms with Gasteiger partial charge in [0.15, 0.2) is 6.29 Å². The third-order valence-corrected chi connectivity index (χ3v) is 1.36. The first-order valence-electron chi connectivity index (χ1n) is 2.97. The number of nitrogens with zero attached hydrogens (tertiary/aromatic N) is 1. The Morgan fingerprint density at radius 2 is 2.27 bits per heavy atom. The Balaban J connectivity index is 0.000000461. The highest BCUT2D eigenvalue weighted by molar-refractivity contribution is 9.10. The van der Waals surface area contributed by atoms with E-state index in [0.717, 1.165) is 4.47 Å². The highest BCUT2D eigenvalue weighted by Gasteiger charge is 1.89. The Morgan fingerprint density at radius 3 is 2.64 bits per heavy atom. The molecular formula is C7H9BrN2O. The Hall–Kier alpha value is -0.740. The quantitative estimate of drug-likeness (QED) is 0.719. The van der Waals surface area contributed by atoms with Crippen molar-refractivity contribution in [2.45, 2.75) is 0 Å². The first kappa shape index (κ1) is 10.3. The summed E-state index contributed by atoms with van der Waals surface area (Å²) in [6, 6.07) is 3.43. The number of halogens is 1. The minimum absolute atomic E-state index is 0.448. The number of hydrogen-bond donors (Lipinski definition) is 1. The summed E-state index contributed by atoms with van der Waals surface area (Å²) in [4.78, 5) is 13.8. The first-order valence-corrected chi connectivity index (χ1v) is 3.76. The van der Waals surface area contributed by atoms with Crippen molar-refractivity contribution < 1.29 is 4.79 Å². The minimum Gasteiger partial charge on any atom is -0.333 e. The van der Waals surface area contributed by atoms with E-state index in [-0.39, 0.29) is 0 Å². The largest absolute Gasteiger partial charge is 0.333 e. The number of hydrogen-bond acceptors (Lipinski definition) is 3. The monoisotopic (exact) mass is 216 g/mol. The zero-order chi connectivity index (χ0) is 8.69. The van der Waals surface area contributed by atoms with Gasteiger partial charge in [0.25, 0.3) is 0 Å². The van der Waals surface area contributed by atoms with Crippen molar-refractivity contribution in [3.05, 3.63) is 28.5 Å². The molecule has 0 unspecified atom stereocenters. The molecule has 4 heteroatoms. The molecule has 0 fully saturated rings. The fourth-order valence-corrected chi connectivity index (χ4v) is 0.838. The summed E-state index contributed by atoms with van der Waals surface area (Å²) in [5.74, 6) is 0. The molecule has 2 N–H and O–H groups in total. The molecule has 1 heterocycles. The van der Waals surface area contributed by atoms with Gasteiger partial charge in [-0.3, -0.25) is 9.78 Å². The molecule has 1 aromatic heterocycles. The molecule has 0 aliphatic carbocycles. The summed E-state index contributed by atoms with van der Waals surface area (Å²) < 4.78 is 0.875. The standard InChI is InChI=1S/C6H4BrNO.CH5N/c7-5-1-2-8-6(3-5)4-9;1-2/h1-4H;2H2,1H3. The predicted molar refractivity (Wildman–Crippen MR) is 47.4 cm³/mol. The van der Waals surface area contributed by atoms with Crippen LogP contribution in [-0.4, -0.2) is 18.3 Å². The van der Waals surface area contributed by atoms with Crippen LogP contribution in [0.3, 0.4) is 0 Å². The molecule has 11 heavy (non-hydrogen) atoms. The molecule has 0 saturated heterocycles.